The summed E-state index contributed by atoms with van der Waals surface area (Å²) >= 11 is 0. The highest BCUT2D eigenvalue weighted by Gasteiger charge is 2.39. The Morgan fingerprint density at radius 1 is 1.00 bits per heavy atom. The molecule has 2 heterocycles. The number of likely N-dealkylation sites (tertiary alicyclic amines) is 1. The summed E-state index contributed by atoms with van der Waals surface area (Å²) in [5.74, 6) is 0.810. The Morgan fingerprint density at radius 3 is 2.48 bits per heavy atom. The molecule has 3 fully saturated rings. The predicted octanol–water partition coefficient (Wildman–Crippen LogP) is 0.844. The molecule has 1 aliphatic carbocycles. The number of carbonyl (C=O) groups is 2. The molecule has 3 atom stereocenters. The highest BCUT2D eigenvalue weighted by molar-refractivity contribution is 5.83. The average Bonchev–Trinajstić information content (AvgIpc) is 3.33. The van der Waals surface area contributed by atoms with Gasteiger partial charge in [-0.2, -0.15) is 0 Å². The van der Waals surface area contributed by atoms with Crippen LogP contribution < -0.4 is 5.32 Å². The second-order valence-corrected chi connectivity index (χ2v) is 6.91. The highest BCUT2D eigenvalue weighted by atomic mass is 16.2. The fourth-order valence-corrected chi connectivity index (χ4v) is 3.57. The quantitative estimate of drug-likeness (QED) is 0.821. The van der Waals surface area contributed by atoms with Gasteiger partial charge in [0.2, 0.25) is 11.8 Å². The lowest BCUT2D eigenvalue weighted by Gasteiger charge is -2.42. The van der Waals surface area contributed by atoms with Gasteiger partial charge < -0.3 is 15.1 Å². The summed E-state index contributed by atoms with van der Waals surface area (Å²) in [6.45, 7) is 7.39. The molecule has 2 aliphatic heterocycles. The van der Waals surface area contributed by atoms with Crippen LogP contribution in [-0.4, -0.2) is 59.9 Å². The molecule has 1 saturated carbocycles. The van der Waals surface area contributed by atoms with Crippen molar-refractivity contribution in [3.05, 3.63) is 0 Å². The van der Waals surface area contributed by atoms with E-state index in [-0.39, 0.29) is 29.7 Å². The molecule has 3 aliphatic rings. The van der Waals surface area contributed by atoms with Crippen molar-refractivity contribution in [3.8, 4) is 0 Å². The first-order valence-electron chi connectivity index (χ1n) is 8.40. The van der Waals surface area contributed by atoms with E-state index >= 15 is 0 Å². The van der Waals surface area contributed by atoms with Crippen molar-refractivity contribution in [2.75, 3.05) is 26.2 Å². The van der Waals surface area contributed by atoms with Gasteiger partial charge in [-0.05, 0) is 39.5 Å². The van der Waals surface area contributed by atoms with E-state index in [1.54, 1.807) is 0 Å². The summed E-state index contributed by atoms with van der Waals surface area (Å²) in [6, 6.07) is 0.580. The van der Waals surface area contributed by atoms with Crippen molar-refractivity contribution >= 4 is 11.8 Å². The van der Waals surface area contributed by atoms with E-state index in [1.165, 1.54) is 0 Å². The van der Waals surface area contributed by atoms with E-state index in [0.717, 1.165) is 45.3 Å². The third kappa shape index (κ3) is 3.07. The van der Waals surface area contributed by atoms with Crippen molar-refractivity contribution in [1.29, 1.82) is 0 Å². The van der Waals surface area contributed by atoms with Crippen LogP contribution in [0.1, 0.15) is 39.5 Å². The zero-order chi connectivity index (χ0) is 15.0. The Bertz CT molecular complexity index is 422. The van der Waals surface area contributed by atoms with Crippen LogP contribution in [0.25, 0.3) is 0 Å². The first-order chi connectivity index (χ1) is 10.1. The lowest BCUT2D eigenvalue weighted by molar-refractivity contribution is -0.144. The molecule has 0 bridgehead atoms. The Kier molecular flexibility index (Phi) is 4.20. The van der Waals surface area contributed by atoms with E-state index in [4.69, 9.17) is 0 Å². The normalized spacial score (nSPS) is 33.9. The van der Waals surface area contributed by atoms with Crippen molar-refractivity contribution in [1.82, 2.24) is 15.1 Å². The van der Waals surface area contributed by atoms with Crippen molar-refractivity contribution in [2.45, 2.75) is 51.6 Å². The summed E-state index contributed by atoms with van der Waals surface area (Å²) < 4.78 is 0. The molecule has 3 rings (SSSR count). The van der Waals surface area contributed by atoms with Crippen molar-refractivity contribution < 1.29 is 9.59 Å². The van der Waals surface area contributed by atoms with Crippen LogP contribution in [0.4, 0.5) is 0 Å². The molecular weight excluding hydrogens is 266 g/mol. The molecule has 1 N–H and O–H groups in total. The molecule has 3 unspecified atom stereocenters. The van der Waals surface area contributed by atoms with Crippen LogP contribution in [-0.2, 0) is 9.59 Å². The molecule has 0 spiro atoms. The topological polar surface area (TPSA) is 52.7 Å². The molecule has 5 nitrogen and oxygen atoms in total. The lowest BCUT2D eigenvalue weighted by Crippen LogP contribution is -2.59. The van der Waals surface area contributed by atoms with Crippen LogP contribution in [0.5, 0.6) is 0 Å². The first kappa shape index (κ1) is 14.8. The van der Waals surface area contributed by atoms with Gasteiger partial charge in [0.05, 0.1) is 5.92 Å². The van der Waals surface area contributed by atoms with Crippen molar-refractivity contribution in [2.24, 2.45) is 11.8 Å². The van der Waals surface area contributed by atoms with Gasteiger partial charge in [0, 0.05) is 44.2 Å². The van der Waals surface area contributed by atoms with Crippen molar-refractivity contribution in [3.63, 3.8) is 0 Å². The molecule has 0 radical (unpaired) electrons. The van der Waals surface area contributed by atoms with Crippen LogP contribution in [0.2, 0.25) is 0 Å². The highest BCUT2D eigenvalue weighted by Crippen LogP contribution is 2.33. The maximum absolute atomic E-state index is 12.8. The average molecular weight is 293 g/mol. The van der Waals surface area contributed by atoms with Gasteiger partial charge in [0.15, 0.2) is 0 Å². The zero-order valence-electron chi connectivity index (χ0n) is 13.2. The largest absolute Gasteiger partial charge is 0.342 e. The number of amides is 2. The number of piperazine rings is 1. The summed E-state index contributed by atoms with van der Waals surface area (Å²) in [5, 5.41) is 3.41. The molecule has 21 heavy (non-hydrogen) atoms. The van der Waals surface area contributed by atoms with Crippen LogP contribution in [0.3, 0.4) is 0 Å². The second kappa shape index (κ2) is 5.95. The zero-order valence-corrected chi connectivity index (χ0v) is 13.2. The minimum absolute atomic E-state index is 0.00852. The lowest BCUT2D eigenvalue weighted by atomic mass is 9.94. The van der Waals surface area contributed by atoms with Gasteiger partial charge in [-0.1, -0.05) is 0 Å². The minimum atomic E-state index is 0.00852. The van der Waals surface area contributed by atoms with Gasteiger partial charge in [0.25, 0.3) is 0 Å². The number of carbonyl (C=O) groups excluding carboxylic acids is 2. The third-order valence-corrected chi connectivity index (χ3v) is 5.33. The van der Waals surface area contributed by atoms with Gasteiger partial charge >= 0.3 is 0 Å². The van der Waals surface area contributed by atoms with Crippen LogP contribution in [0.15, 0.2) is 0 Å². The first-order valence-corrected chi connectivity index (χ1v) is 8.40. The molecule has 118 valence electrons. The molecule has 2 amide bonds. The Morgan fingerprint density at radius 2 is 1.76 bits per heavy atom. The Labute approximate surface area is 127 Å². The molecule has 5 heteroatoms. The SMILES string of the molecule is CC1NCCN(C(=O)C2CCCN(C(=O)C3CC3)C2)C1C. The maximum atomic E-state index is 12.8. The van der Waals surface area contributed by atoms with E-state index < -0.39 is 0 Å². The Balaban J connectivity index is 1.62. The van der Waals surface area contributed by atoms with E-state index in [9.17, 15) is 9.59 Å². The maximum Gasteiger partial charge on any atom is 0.227 e. The summed E-state index contributed by atoms with van der Waals surface area (Å²) in [7, 11) is 0. The van der Waals surface area contributed by atoms with Gasteiger partial charge in [-0.3, -0.25) is 9.59 Å². The molecule has 0 aromatic rings. The molecule has 0 aromatic carbocycles. The van der Waals surface area contributed by atoms with Crippen LogP contribution in [0, 0.1) is 11.8 Å². The summed E-state index contributed by atoms with van der Waals surface area (Å²) in [4.78, 5) is 29.0. The van der Waals surface area contributed by atoms with Gasteiger partial charge in [-0.25, -0.2) is 0 Å². The third-order valence-electron chi connectivity index (χ3n) is 5.33. The van der Waals surface area contributed by atoms with Crippen LogP contribution >= 0.6 is 0 Å². The van der Waals surface area contributed by atoms with E-state index in [0.29, 0.717) is 12.6 Å². The van der Waals surface area contributed by atoms with Gasteiger partial charge in [0.1, 0.15) is 0 Å². The monoisotopic (exact) mass is 293 g/mol. The standard InChI is InChI=1S/C16H27N3O2/c1-11-12(2)19(9-7-17-11)16(21)14-4-3-8-18(10-14)15(20)13-5-6-13/h11-14,17H,3-10H2,1-2H3. The molecule has 2 saturated heterocycles. The number of rotatable bonds is 2. The smallest absolute Gasteiger partial charge is 0.227 e. The second-order valence-electron chi connectivity index (χ2n) is 6.91. The number of piperidine rings is 1. The summed E-state index contributed by atoms with van der Waals surface area (Å²) in [6.07, 6.45) is 3.98. The number of hydrogen-bond donors (Lipinski definition) is 1. The Hall–Kier alpha value is -1.10. The fourth-order valence-electron chi connectivity index (χ4n) is 3.57. The minimum Gasteiger partial charge on any atom is -0.342 e. The number of nitrogens with one attached hydrogen (secondary N) is 1. The molecule has 0 aromatic heterocycles. The number of hydrogen-bond acceptors (Lipinski definition) is 3. The number of nitrogens with zero attached hydrogens (tertiary/aromatic N) is 2. The van der Waals surface area contributed by atoms with Gasteiger partial charge in [-0.15, -0.1) is 0 Å². The van der Waals surface area contributed by atoms with E-state index in [1.807, 2.05) is 9.80 Å². The fraction of sp³-hybridized carbons (Fsp3) is 0.875. The molecular formula is C16H27N3O2. The predicted molar refractivity (Wildman–Crippen MR) is 80.7 cm³/mol. The van der Waals surface area contributed by atoms with E-state index in [2.05, 4.69) is 19.2 Å². The summed E-state index contributed by atoms with van der Waals surface area (Å²) in [5.41, 5.74) is 0.